The Bertz CT molecular complexity index is 430. The Labute approximate surface area is 107 Å². The molecular weight excluding hydrogens is 230 g/mol. The number of hydrogen-bond donors (Lipinski definition) is 2. The van der Waals surface area contributed by atoms with Crippen molar-refractivity contribution in [3.63, 3.8) is 0 Å². The van der Waals surface area contributed by atoms with Crippen LogP contribution < -0.4 is 10.6 Å². The normalized spacial score (nSPS) is 16.4. The minimum Gasteiger partial charge on any atom is -0.409 e. The predicted octanol–water partition coefficient (Wildman–Crippen LogP) is 1.20. The molecule has 0 unspecified atom stereocenters. The van der Waals surface area contributed by atoms with Crippen LogP contribution in [0.4, 0.5) is 5.95 Å². The summed E-state index contributed by atoms with van der Waals surface area (Å²) in [6.07, 6.45) is 5.54. The lowest BCUT2D eigenvalue weighted by Gasteiger charge is -2.31. The standard InChI is InChI=1S/C12H19N5O/c1-2-17(8-9-4-3-5-9)12-14-7-6-10(15-12)11(13)16-18/h6-7,9,18H,2-5,8H2,1H3,(H2,13,16). The third-order valence-electron chi connectivity index (χ3n) is 3.38. The zero-order valence-corrected chi connectivity index (χ0v) is 10.6. The van der Waals surface area contributed by atoms with Gasteiger partial charge in [-0.2, -0.15) is 0 Å². The second-order valence-corrected chi connectivity index (χ2v) is 4.56. The molecule has 1 saturated carbocycles. The number of anilines is 1. The fraction of sp³-hybridized carbons (Fsp3) is 0.583. The summed E-state index contributed by atoms with van der Waals surface area (Å²) in [5, 5.41) is 11.6. The number of amidine groups is 1. The lowest BCUT2D eigenvalue weighted by Crippen LogP contribution is -2.34. The molecule has 1 fully saturated rings. The Hall–Kier alpha value is -1.85. The molecule has 1 aromatic heterocycles. The Morgan fingerprint density at radius 3 is 2.94 bits per heavy atom. The van der Waals surface area contributed by atoms with Crippen LogP contribution in [0.15, 0.2) is 17.4 Å². The van der Waals surface area contributed by atoms with Crippen molar-refractivity contribution in [2.24, 2.45) is 16.8 Å². The molecule has 0 bridgehead atoms. The van der Waals surface area contributed by atoms with Gasteiger partial charge in [-0.05, 0) is 31.7 Å². The first-order valence-electron chi connectivity index (χ1n) is 6.30. The molecule has 0 spiro atoms. The van der Waals surface area contributed by atoms with Gasteiger partial charge in [-0.3, -0.25) is 0 Å². The van der Waals surface area contributed by atoms with E-state index in [-0.39, 0.29) is 5.84 Å². The van der Waals surface area contributed by atoms with Gasteiger partial charge in [0.05, 0.1) is 0 Å². The molecule has 1 aliphatic carbocycles. The van der Waals surface area contributed by atoms with Crippen LogP contribution in [0.5, 0.6) is 0 Å². The van der Waals surface area contributed by atoms with E-state index in [2.05, 4.69) is 26.9 Å². The lowest BCUT2D eigenvalue weighted by molar-refractivity contribution is 0.317. The molecule has 0 radical (unpaired) electrons. The maximum Gasteiger partial charge on any atom is 0.225 e. The van der Waals surface area contributed by atoms with Crippen LogP contribution in [0.25, 0.3) is 0 Å². The molecule has 0 aromatic carbocycles. The first-order chi connectivity index (χ1) is 8.74. The number of nitrogens with zero attached hydrogens (tertiary/aromatic N) is 4. The van der Waals surface area contributed by atoms with E-state index in [1.807, 2.05) is 0 Å². The molecule has 0 amide bonds. The van der Waals surface area contributed by atoms with Crippen molar-refractivity contribution >= 4 is 11.8 Å². The van der Waals surface area contributed by atoms with E-state index < -0.39 is 0 Å². The van der Waals surface area contributed by atoms with Crippen LogP contribution in [0, 0.1) is 5.92 Å². The van der Waals surface area contributed by atoms with Gasteiger partial charge >= 0.3 is 0 Å². The quantitative estimate of drug-likeness (QED) is 0.354. The zero-order valence-electron chi connectivity index (χ0n) is 10.6. The molecular formula is C12H19N5O. The number of rotatable bonds is 5. The summed E-state index contributed by atoms with van der Waals surface area (Å²) in [4.78, 5) is 10.7. The third-order valence-corrected chi connectivity index (χ3v) is 3.38. The zero-order chi connectivity index (χ0) is 13.0. The van der Waals surface area contributed by atoms with Gasteiger partial charge in [0.25, 0.3) is 0 Å². The number of oxime groups is 1. The van der Waals surface area contributed by atoms with Crippen molar-refractivity contribution in [3.05, 3.63) is 18.0 Å². The van der Waals surface area contributed by atoms with Gasteiger partial charge in [-0.25, -0.2) is 9.97 Å². The Morgan fingerprint density at radius 2 is 2.39 bits per heavy atom. The number of aromatic nitrogens is 2. The first kappa shape index (κ1) is 12.6. The Balaban J connectivity index is 2.14. The van der Waals surface area contributed by atoms with Crippen molar-refractivity contribution in [1.29, 1.82) is 0 Å². The van der Waals surface area contributed by atoms with Crippen LogP contribution >= 0.6 is 0 Å². The fourth-order valence-corrected chi connectivity index (χ4v) is 2.03. The number of hydrogen-bond acceptors (Lipinski definition) is 5. The predicted molar refractivity (Wildman–Crippen MR) is 69.8 cm³/mol. The van der Waals surface area contributed by atoms with Crippen LogP contribution in [-0.2, 0) is 0 Å². The van der Waals surface area contributed by atoms with E-state index in [0.717, 1.165) is 19.0 Å². The fourth-order valence-electron chi connectivity index (χ4n) is 2.03. The minimum atomic E-state index is 0.0124. The summed E-state index contributed by atoms with van der Waals surface area (Å²) in [5.74, 6) is 1.41. The molecule has 2 rings (SSSR count). The highest BCUT2D eigenvalue weighted by Gasteiger charge is 2.21. The summed E-state index contributed by atoms with van der Waals surface area (Å²) < 4.78 is 0. The average Bonchev–Trinajstić information content (AvgIpc) is 2.37. The summed E-state index contributed by atoms with van der Waals surface area (Å²) >= 11 is 0. The second kappa shape index (κ2) is 5.66. The van der Waals surface area contributed by atoms with E-state index in [1.165, 1.54) is 19.3 Å². The Kier molecular flexibility index (Phi) is 3.96. The summed E-state index contributed by atoms with van der Waals surface area (Å²) in [6, 6.07) is 1.63. The molecule has 3 N–H and O–H groups in total. The van der Waals surface area contributed by atoms with Gasteiger partial charge < -0.3 is 15.8 Å². The van der Waals surface area contributed by atoms with Gasteiger partial charge in [0, 0.05) is 19.3 Å². The SMILES string of the molecule is CCN(CC1CCC1)c1nccc(/C(N)=N/O)n1. The summed E-state index contributed by atoms with van der Waals surface area (Å²) in [7, 11) is 0. The minimum absolute atomic E-state index is 0.0124. The summed E-state index contributed by atoms with van der Waals surface area (Å²) in [5.41, 5.74) is 5.99. The molecule has 0 atom stereocenters. The molecule has 18 heavy (non-hydrogen) atoms. The van der Waals surface area contributed by atoms with Crippen molar-refractivity contribution in [2.75, 3.05) is 18.0 Å². The molecule has 1 heterocycles. The van der Waals surface area contributed by atoms with Crippen molar-refractivity contribution < 1.29 is 5.21 Å². The molecule has 6 nitrogen and oxygen atoms in total. The maximum atomic E-state index is 8.66. The van der Waals surface area contributed by atoms with Crippen LogP contribution in [0.3, 0.4) is 0 Å². The van der Waals surface area contributed by atoms with Crippen LogP contribution in [-0.4, -0.2) is 34.1 Å². The molecule has 0 aliphatic heterocycles. The van der Waals surface area contributed by atoms with E-state index in [9.17, 15) is 0 Å². The van der Waals surface area contributed by atoms with Crippen molar-refractivity contribution in [3.8, 4) is 0 Å². The molecule has 1 aromatic rings. The van der Waals surface area contributed by atoms with Crippen LogP contribution in [0.1, 0.15) is 31.9 Å². The van der Waals surface area contributed by atoms with Crippen LogP contribution in [0.2, 0.25) is 0 Å². The lowest BCUT2D eigenvalue weighted by atomic mass is 9.85. The molecule has 0 saturated heterocycles. The van der Waals surface area contributed by atoms with Gasteiger partial charge in [-0.1, -0.05) is 11.6 Å². The van der Waals surface area contributed by atoms with Crippen molar-refractivity contribution in [2.45, 2.75) is 26.2 Å². The van der Waals surface area contributed by atoms with E-state index in [0.29, 0.717) is 11.6 Å². The van der Waals surface area contributed by atoms with Gasteiger partial charge in [0.1, 0.15) is 5.69 Å². The van der Waals surface area contributed by atoms with E-state index >= 15 is 0 Å². The van der Waals surface area contributed by atoms with Gasteiger partial charge in [-0.15, -0.1) is 0 Å². The number of nitrogens with two attached hydrogens (primary N) is 1. The second-order valence-electron chi connectivity index (χ2n) is 4.56. The van der Waals surface area contributed by atoms with E-state index in [4.69, 9.17) is 10.9 Å². The molecule has 98 valence electrons. The summed E-state index contributed by atoms with van der Waals surface area (Å²) in [6.45, 7) is 3.92. The smallest absolute Gasteiger partial charge is 0.225 e. The molecule has 1 aliphatic rings. The maximum absolute atomic E-state index is 8.66. The van der Waals surface area contributed by atoms with Gasteiger partial charge in [0.15, 0.2) is 5.84 Å². The highest BCUT2D eigenvalue weighted by Crippen LogP contribution is 2.27. The van der Waals surface area contributed by atoms with Gasteiger partial charge in [0.2, 0.25) is 5.95 Å². The largest absolute Gasteiger partial charge is 0.409 e. The Morgan fingerprint density at radius 1 is 1.61 bits per heavy atom. The highest BCUT2D eigenvalue weighted by atomic mass is 16.4. The topological polar surface area (TPSA) is 87.6 Å². The monoisotopic (exact) mass is 249 g/mol. The van der Waals surface area contributed by atoms with E-state index in [1.54, 1.807) is 12.3 Å². The third kappa shape index (κ3) is 2.69. The average molecular weight is 249 g/mol. The molecule has 6 heteroatoms. The highest BCUT2D eigenvalue weighted by molar-refractivity contribution is 5.95. The first-order valence-corrected chi connectivity index (χ1v) is 6.30. The van der Waals surface area contributed by atoms with Crippen molar-refractivity contribution in [1.82, 2.24) is 9.97 Å².